The minimum absolute atomic E-state index is 0.00495. The number of nitrogens with zero attached hydrogens (tertiary/aromatic N) is 1. The molecule has 0 amide bonds. The van der Waals surface area contributed by atoms with Crippen molar-refractivity contribution < 1.29 is 18.4 Å². The summed E-state index contributed by atoms with van der Waals surface area (Å²) in [4.78, 5) is 30.3. The first-order valence-corrected chi connectivity index (χ1v) is 13.3. The third-order valence-electron chi connectivity index (χ3n) is 7.42. The Bertz CT molecular complexity index is 1610. The zero-order chi connectivity index (χ0) is 28.4. The lowest BCUT2D eigenvalue weighted by molar-refractivity contribution is -0.118. The van der Waals surface area contributed by atoms with Gasteiger partial charge in [0.05, 0.1) is 5.69 Å². The lowest BCUT2D eigenvalue weighted by atomic mass is 9.85. The van der Waals surface area contributed by atoms with Crippen LogP contribution in [0, 0.1) is 11.6 Å². The number of rotatable bonds is 9. The number of carbonyl (C=O) groups is 2. The quantitative estimate of drug-likeness (QED) is 0.287. The fraction of sp³-hybridized carbons (Fsp3) is 0.206. The SMILES string of the molecule is C=C1NC2=C(C=C1C)CC=C2CC(=O)C[C@@H](Cc1cc(F)cc(F)c1)c1ncccc1-c1cccc(C(C)=O)c1. The van der Waals surface area contributed by atoms with Gasteiger partial charge in [-0.2, -0.15) is 0 Å². The van der Waals surface area contributed by atoms with Gasteiger partial charge in [-0.1, -0.05) is 43.0 Å². The van der Waals surface area contributed by atoms with E-state index in [1.54, 1.807) is 24.4 Å². The van der Waals surface area contributed by atoms with Crippen molar-refractivity contribution in [1.82, 2.24) is 10.3 Å². The normalized spacial score (nSPS) is 15.2. The minimum Gasteiger partial charge on any atom is -0.355 e. The van der Waals surface area contributed by atoms with Crippen LogP contribution >= 0.6 is 0 Å². The van der Waals surface area contributed by atoms with Crippen molar-refractivity contribution in [2.75, 3.05) is 0 Å². The number of ketones is 2. The smallest absolute Gasteiger partial charge is 0.159 e. The van der Waals surface area contributed by atoms with Gasteiger partial charge >= 0.3 is 0 Å². The van der Waals surface area contributed by atoms with Crippen LogP contribution in [0.1, 0.15) is 60.6 Å². The highest BCUT2D eigenvalue weighted by Gasteiger charge is 2.26. The van der Waals surface area contributed by atoms with Gasteiger partial charge in [0.15, 0.2) is 5.78 Å². The van der Waals surface area contributed by atoms with Crippen molar-refractivity contribution in [3.8, 4) is 11.1 Å². The van der Waals surface area contributed by atoms with Crippen LogP contribution in [0.25, 0.3) is 11.1 Å². The number of allylic oxidation sites excluding steroid dienone is 5. The first-order chi connectivity index (χ1) is 19.2. The van der Waals surface area contributed by atoms with Gasteiger partial charge in [0, 0.05) is 53.5 Å². The Morgan fingerprint density at radius 2 is 1.85 bits per heavy atom. The molecule has 2 aromatic carbocycles. The number of carbonyl (C=O) groups excluding carboxylic acids is 2. The van der Waals surface area contributed by atoms with Gasteiger partial charge in [-0.25, -0.2) is 8.78 Å². The van der Waals surface area contributed by atoms with Gasteiger partial charge in [0.1, 0.15) is 17.4 Å². The van der Waals surface area contributed by atoms with E-state index < -0.39 is 17.6 Å². The summed E-state index contributed by atoms with van der Waals surface area (Å²) >= 11 is 0. The van der Waals surface area contributed by atoms with Crippen LogP contribution in [-0.4, -0.2) is 16.6 Å². The maximum absolute atomic E-state index is 14.1. The molecule has 4 nitrogen and oxygen atoms in total. The van der Waals surface area contributed by atoms with Crippen molar-refractivity contribution >= 4 is 11.6 Å². The van der Waals surface area contributed by atoms with Crippen LogP contribution in [-0.2, 0) is 11.2 Å². The van der Waals surface area contributed by atoms with Crippen LogP contribution < -0.4 is 5.32 Å². The Morgan fingerprint density at radius 1 is 1.07 bits per heavy atom. The van der Waals surface area contributed by atoms with E-state index in [2.05, 4.69) is 29.0 Å². The van der Waals surface area contributed by atoms with Crippen LogP contribution in [0.5, 0.6) is 0 Å². The zero-order valence-electron chi connectivity index (χ0n) is 22.6. The summed E-state index contributed by atoms with van der Waals surface area (Å²) in [5.74, 6) is -1.85. The van der Waals surface area contributed by atoms with Crippen LogP contribution in [0.15, 0.2) is 108 Å². The van der Waals surface area contributed by atoms with Crippen LogP contribution in [0.3, 0.4) is 0 Å². The van der Waals surface area contributed by atoms with E-state index in [9.17, 15) is 18.4 Å². The van der Waals surface area contributed by atoms with Crippen LogP contribution in [0.4, 0.5) is 8.78 Å². The summed E-state index contributed by atoms with van der Waals surface area (Å²) in [6, 6.07) is 14.4. The molecule has 0 saturated carbocycles. The van der Waals surface area contributed by atoms with Crippen molar-refractivity contribution in [3.05, 3.63) is 136 Å². The maximum Gasteiger partial charge on any atom is 0.159 e. The standard InChI is InChI=1S/C34H30F2N2O2/c1-20-12-26-9-10-27(33(26)38-21(20)2)17-31(40)18-28(13-23-14-29(35)19-30(36)15-23)34-32(8-5-11-37-34)25-7-4-6-24(16-25)22(3)39/h4-8,10-12,14-16,19,28,38H,2,9,13,17-18H2,1,3H3/t28-/m1/s1. The average Bonchev–Trinajstić information content (AvgIpc) is 3.28. The second-order valence-electron chi connectivity index (χ2n) is 10.4. The molecule has 1 aromatic heterocycles. The van der Waals surface area contributed by atoms with Gasteiger partial charge in [-0.05, 0) is 78.8 Å². The molecule has 1 atom stereocenters. The maximum atomic E-state index is 14.1. The highest BCUT2D eigenvalue weighted by Crippen LogP contribution is 2.36. The van der Waals surface area contributed by atoms with Crippen LogP contribution in [0.2, 0.25) is 0 Å². The van der Waals surface area contributed by atoms with E-state index in [4.69, 9.17) is 0 Å². The van der Waals surface area contributed by atoms with Gasteiger partial charge in [0.25, 0.3) is 0 Å². The molecule has 2 aliphatic rings. The highest BCUT2D eigenvalue weighted by atomic mass is 19.1. The molecule has 202 valence electrons. The topological polar surface area (TPSA) is 59.1 Å². The van der Waals surface area contributed by atoms with Gasteiger partial charge in [-0.3, -0.25) is 14.6 Å². The number of hydrogen-bond donors (Lipinski definition) is 1. The van der Waals surface area contributed by atoms with E-state index >= 15 is 0 Å². The number of Topliss-reactive ketones (excluding diaryl/α,β-unsaturated/α-hetero) is 2. The first kappa shape index (κ1) is 27.1. The Kier molecular flexibility index (Phi) is 7.69. The predicted molar refractivity (Wildman–Crippen MR) is 152 cm³/mol. The molecule has 0 spiro atoms. The summed E-state index contributed by atoms with van der Waals surface area (Å²) in [5, 5.41) is 3.34. The second-order valence-corrected chi connectivity index (χ2v) is 10.4. The molecule has 0 radical (unpaired) electrons. The number of nitrogens with one attached hydrogen (secondary N) is 1. The van der Waals surface area contributed by atoms with E-state index in [-0.39, 0.29) is 30.8 Å². The Morgan fingerprint density at radius 3 is 2.60 bits per heavy atom. The lowest BCUT2D eigenvalue weighted by Gasteiger charge is -2.22. The van der Waals surface area contributed by atoms with Crippen molar-refractivity contribution in [1.29, 1.82) is 0 Å². The highest BCUT2D eigenvalue weighted by molar-refractivity contribution is 5.95. The molecule has 6 heteroatoms. The molecular weight excluding hydrogens is 506 g/mol. The monoisotopic (exact) mass is 536 g/mol. The predicted octanol–water partition coefficient (Wildman–Crippen LogP) is 7.55. The second kappa shape index (κ2) is 11.3. The minimum atomic E-state index is -0.669. The molecule has 3 aromatic rings. The summed E-state index contributed by atoms with van der Waals surface area (Å²) in [5.41, 5.74) is 8.10. The number of hydrogen-bond acceptors (Lipinski definition) is 4. The Hall–Kier alpha value is -4.45. The van der Waals surface area contributed by atoms with E-state index in [1.807, 2.05) is 25.1 Å². The number of dihydropyridines is 1. The number of aromatic nitrogens is 1. The molecule has 1 aliphatic carbocycles. The fourth-order valence-electron chi connectivity index (χ4n) is 5.42. The third kappa shape index (κ3) is 5.91. The molecular formula is C34H30F2N2O2. The summed E-state index contributed by atoms with van der Waals surface area (Å²) in [7, 11) is 0. The summed E-state index contributed by atoms with van der Waals surface area (Å²) < 4.78 is 28.2. The van der Waals surface area contributed by atoms with E-state index in [0.29, 0.717) is 16.8 Å². The molecule has 0 fully saturated rings. The number of halogens is 2. The molecule has 1 aliphatic heterocycles. The summed E-state index contributed by atoms with van der Waals surface area (Å²) in [6.45, 7) is 7.57. The zero-order valence-corrected chi connectivity index (χ0v) is 22.6. The van der Waals surface area contributed by atoms with Gasteiger partial charge in [0.2, 0.25) is 0 Å². The largest absolute Gasteiger partial charge is 0.355 e. The van der Waals surface area contributed by atoms with Gasteiger partial charge in [-0.15, -0.1) is 0 Å². The Balaban J connectivity index is 1.48. The van der Waals surface area contributed by atoms with E-state index in [0.717, 1.165) is 51.7 Å². The Labute approximate surface area is 232 Å². The first-order valence-electron chi connectivity index (χ1n) is 13.3. The third-order valence-corrected chi connectivity index (χ3v) is 7.42. The number of pyridine rings is 1. The molecule has 2 heterocycles. The van der Waals surface area contributed by atoms with Crippen molar-refractivity contribution in [2.24, 2.45) is 0 Å². The van der Waals surface area contributed by atoms with E-state index in [1.165, 1.54) is 19.1 Å². The fourth-order valence-corrected chi connectivity index (χ4v) is 5.42. The lowest BCUT2D eigenvalue weighted by Crippen LogP contribution is -2.20. The molecule has 0 bridgehead atoms. The average molecular weight is 537 g/mol. The molecule has 5 rings (SSSR count). The molecule has 1 N–H and O–H groups in total. The molecule has 0 saturated heterocycles. The molecule has 0 unspecified atom stereocenters. The van der Waals surface area contributed by atoms with Crippen molar-refractivity contribution in [2.45, 2.75) is 45.4 Å². The van der Waals surface area contributed by atoms with Gasteiger partial charge < -0.3 is 5.32 Å². The summed E-state index contributed by atoms with van der Waals surface area (Å²) in [6.07, 6.45) is 7.14. The number of benzene rings is 2. The van der Waals surface area contributed by atoms with Crippen molar-refractivity contribution in [3.63, 3.8) is 0 Å². The molecule has 40 heavy (non-hydrogen) atoms.